The lowest BCUT2D eigenvalue weighted by Crippen LogP contribution is -2.52. The summed E-state index contributed by atoms with van der Waals surface area (Å²) in [6, 6.07) is 2.33. The SMILES string of the molecule is CC1=CC(N2CCN(CCOCCO)[C@H](C)C2)=CN2C(=O)/C=C(c3cc4c(C)nc(C)cn4n3)\C=C\C=C12. The first kappa shape index (κ1) is 26.1. The van der Waals surface area contributed by atoms with Gasteiger partial charge in [0.1, 0.15) is 0 Å². The number of hydrogen-bond donors (Lipinski definition) is 1. The van der Waals surface area contributed by atoms with Gasteiger partial charge in [-0.3, -0.25) is 19.6 Å². The summed E-state index contributed by atoms with van der Waals surface area (Å²) in [5, 5.41) is 13.6. The Hall–Kier alpha value is -3.53. The number of aryl methyl sites for hydroxylation is 2. The number of allylic oxidation sites excluding steroid dienone is 6. The summed E-state index contributed by atoms with van der Waals surface area (Å²) in [4.78, 5) is 24.6. The second kappa shape index (κ2) is 11.1. The van der Waals surface area contributed by atoms with Crippen molar-refractivity contribution in [2.75, 3.05) is 46.0 Å². The van der Waals surface area contributed by atoms with E-state index in [1.165, 1.54) is 0 Å². The van der Waals surface area contributed by atoms with Crippen LogP contribution in [0.3, 0.4) is 0 Å². The molecule has 9 heteroatoms. The van der Waals surface area contributed by atoms with Crippen molar-refractivity contribution in [3.05, 3.63) is 82.9 Å². The molecule has 3 aliphatic rings. The van der Waals surface area contributed by atoms with E-state index in [-0.39, 0.29) is 12.5 Å². The van der Waals surface area contributed by atoms with Crippen LogP contribution in [-0.4, -0.2) is 92.4 Å². The van der Waals surface area contributed by atoms with Crippen LogP contribution in [0.25, 0.3) is 11.1 Å². The fourth-order valence-corrected chi connectivity index (χ4v) is 5.29. The summed E-state index contributed by atoms with van der Waals surface area (Å²) >= 11 is 0. The van der Waals surface area contributed by atoms with Gasteiger partial charge in [-0.1, -0.05) is 12.2 Å². The van der Waals surface area contributed by atoms with Crippen LogP contribution in [0.4, 0.5) is 0 Å². The Kier molecular flexibility index (Phi) is 7.60. The number of aliphatic hydroxyl groups excluding tert-OH is 1. The standard InChI is InChI=1S/C29H36N6O3/c1-20-14-25(33-9-8-32(22(3)18-33)10-12-38-13-11-36)19-34-27(20)7-5-6-24(15-29(34)37)26-16-28-23(4)30-21(2)17-35(28)31-26/h5-7,14-17,19,22,36H,8-13,18H2,1-4H3/b6-5+,24-15+,27-7?/t22-/m1/s1. The van der Waals surface area contributed by atoms with Crippen molar-refractivity contribution in [1.29, 1.82) is 0 Å². The molecule has 0 spiro atoms. The number of piperazine rings is 1. The van der Waals surface area contributed by atoms with Crippen molar-refractivity contribution in [1.82, 2.24) is 29.3 Å². The maximum atomic E-state index is 13.6. The zero-order chi connectivity index (χ0) is 26.8. The van der Waals surface area contributed by atoms with E-state index in [1.807, 2.05) is 55.1 Å². The summed E-state index contributed by atoms with van der Waals surface area (Å²) in [7, 11) is 0. The second-order valence-electron chi connectivity index (χ2n) is 10.1. The number of rotatable bonds is 7. The van der Waals surface area contributed by atoms with Crippen LogP contribution in [0.15, 0.2) is 65.8 Å². The van der Waals surface area contributed by atoms with Gasteiger partial charge in [-0.05, 0) is 51.5 Å². The molecule has 38 heavy (non-hydrogen) atoms. The van der Waals surface area contributed by atoms with Crippen molar-refractivity contribution < 1.29 is 14.6 Å². The molecule has 5 rings (SSSR count). The lowest BCUT2D eigenvalue weighted by Gasteiger charge is -2.42. The van der Waals surface area contributed by atoms with Crippen molar-refractivity contribution in [3.8, 4) is 0 Å². The zero-order valence-electron chi connectivity index (χ0n) is 22.6. The molecule has 1 atom stereocenters. The number of hydrogen-bond acceptors (Lipinski definition) is 7. The largest absolute Gasteiger partial charge is 0.394 e. The molecule has 1 N–H and O–H groups in total. The lowest BCUT2D eigenvalue weighted by molar-refractivity contribution is -0.122. The van der Waals surface area contributed by atoms with Crippen LogP contribution >= 0.6 is 0 Å². The minimum absolute atomic E-state index is 0.0527. The fraction of sp³-hybridized carbons (Fsp3) is 0.414. The highest BCUT2D eigenvalue weighted by Crippen LogP contribution is 2.30. The highest BCUT2D eigenvalue weighted by molar-refractivity contribution is 5.99. The number of amides is 1. The number of ether oxygens (including phenoxy) is 1. The van der Waals surface area contributed by atoms with Gasteiger partial charge < -0.3 is 14.7 Å². The number of fused-ring (bicyclic) bond motifs is 2. The third-order valence-electron chi connectivity index (χ3n) is 7.28. The molecular weight excluding hydrogens is 480 g/mol. The predicted octanol–water partition coefficient (Wildman–Crippen LogP) is 2.83. The molecule has 9 nitrogen and oxygen atoms in total. The molecule has 0 saturated carbocycles. The molecule has 3 aliphatic heterocycles. The molecule has 1 fully saturated rings. The summed E-state index contributed by atoms with van der Waals surface area (Å²) in [5.74, 6) is -0.101. The fourth-order valence-electron chi connectivity index (χ4n) is 5.29. The van der Waals surface area contributed by atoms with E-state index in [0.29, 0.717) is 19.3 Å². The Labute approximate surface area is 223 Å². The number of aromatic nitrogens is 3. The smallest absolute Gasteiger partial charge is 0.255 e. The number of aliphatic hydroxyl groups is 1. The summed E-state index contributed by atoms with van der Waals surface area (Å²) < 4.78 is 7.29. The first-order chi connectivity index (χ1) is 18.3. The van der Waals surface area contributed by atoms with Crippen molar-refractivity contribution in [2.24, 2.45) is 0 Å². The van der Waals surface area contributed by atoms with Crippen molar-refractivity contribution >= 4 is 17.0 Å². The van der Waals surface area contributed by atoms with E-state index >= 15 is 0 Å². The summed E-state index contributed by atoms with van der Waals surface area (Å²) in [6.07, 6.45) is 13.6. The molecule has 0 unspecified atom stereocenters. The highest BCUT2D eigenvalue weighted by Gasteiger charge is 2.28. The quantitative estimate of drug-likeness (QED) is 0.567. The van der Waals surface area contributed by atoms with E-state index in [1.54, 1.807) is 11.0 Å². The average molecular weight is 517 g/mol. The van der Waals surface area contributed by atoms with Gasteiger partial charge in [0.15, 0.2) is 0 Å². The van der Waals surface area contributed by atoms with E-state index in [9.17, 15) is 4.79 Å². The van der Waals surface area contributed by atoms with Crippen LogP contribution in [-0.2, 0) is 9.53 Å². The van der Waals surface area contributed by atoms with Gasteiger partial charge in [-0.15, -0.1) is 0 Å². The third-order valence-corrected chi connectivity index (χ3v) is 7.28. The Bertz CT molecular complexity index is 1380. The van der Waals surface area contributed by atoms with E-state index in [0.717, 1.165) is 71.3 Å². The van der Waals surface area contributed by atoms with Crippen molar-refractivity contribution in [2.45, 2.75) is 33.7 Å². The van der Waals surface area contributed by atoms with Crippen LogP contribution in [0.1, 0.15) is 30.9 Å². The number of carbonyl (C=O) groups is 1. The van der Waals surface area contributed by atoms with E-state index in [4.69, 9.17) is 14.9 Å². The number of carbonyl (C=O) groups excluding carboxylic acids is 1. The topological polar surface area (TPSA) is 86.4 Å². The summed E-state index contributed by atoms with van der Waals surface area (Å²) in [6.45, 7) is 12.7. The molecular formula is C29H36N6O3. The molecule has 0 radical (unpaired) electrons. The van der Waals surface area contributed by atoms with Gasteiger partial charge in [0.25, 0.3) is 5.91 Å². The van der Waals surface area contributed by atoms with Crippen LogP contribution in [0.2, 0.25) is 0 Å². The van der Waals surface area contributed by atoms with Crippen LogP contribution in [0, 0.1) is 13.8 Å². The summed E-state index contributed by atoms with van der Waals surface area (Å²) in [5.41, 5.74) is 7.21. The van der Waals surface area contributed by atoms with E-state index < -0.39 is 0 Å². The average Bonchev–Trinajstić information content (AvgIpc) is 3.30. The van der Waals surface area contributed by atoms with Gasteiger partial charge in [0.05, 0.1) is 60.0 Å². The molecule has 5 heterocycles. The minimum atomic E-state index is -0.101. The molecule has 0 bridgehead atoms. The van der Waals surface area contributed by atoms with E-state index in [2.05, 4.69) is 34.7 Å². The normalized spacial score (nSPS) is 22.8. The Morgan fingerprint density at radius 1 is 1.16 bits per heavy atom. The molecule has 0 aromatic carbocycles. The lowest BCUT2D eigenvalue weighted by atomic mass is 10.0. The molecule has 1 saturated heterocycles. The zero-order valence-corrected chi connectivity index (χ0v) is 22.6. The van der Waals surface area contributed by atoms with Gasteiger partial charge >= 0.3 is 0 Å². The highest BCUT2D eigenvalue weighted by atomic mass is 16.5. The van der Waals surface area contributed by atoms with Crippen molar-refractivity contribution in [3.63, 3.8) is 0 Å². The van der Waals surface area contributed by atoms with Crippen LogP contribution in [0.5, 0.6) is 0 Å². The van der Waals surface area contributed by atoms with Gasteiger partial charge in [-0.2, -0.15) is 5.10 Å². The van der Waals surface area contributed by atoms with Crippen LogP contribution < -0.4 is 0 Å². The van der Waals surface area contributed by atoms with Gasteiger partial charge in [0, 0.05) is 50.1 Å². The molecule has 1 amide bonds. The molecule has 0 aliphatic carbocycles. The molecule has 2 aromatic rings. The van der Waals surface area contributed by atoms with Gasteiger partial charge in [0.2, 0.25) is 0 Å². The maximum absolute atomic E-state index is 13.6. The van der Waals surface area contributed by atoms with Gasteiger partial charge in [-0.25, -0.2) is 4.52 Å². The third kappa shape index (κ3) is 5.36. The Balaban J connectivity index is 1.36. The predicted molar refractivity (Wildman–Crippen MR) is 147 cm³/mol. The Morgan fingerprint density at radius 3 is 2.79 bits per heavy atom. The maximum Gasteiger partial charge on any atom is 0.255 e. The minimum Gasteiger partial charge on any atom is -0.394 e. The molecule has 200 valence electrons. The monoisotopic (exact) mass is 516 g/mol. The first-order valence-corrected chi connectivity index (χ1v) is 13.2. The Morgan fingerprint density at radius 2 is 2.00 bits per heavy atom. The molecule has 2 aromatic heterocycles. The number of nitrogens with zero attached hydrogens (tertiary/aromatic N) is 6. The first-order valence-electron chi connectivity index (χ1n) is 13.2. The second-order valence-corrected chi connectivity index (χ2v) is 10.1.